The van der Waals surface area contributed by atoms with Crippen LogP contribution in [-0.2, 0) is 0 Å². The van der Waals surface area contributed by atoms with Crippen LogP contribution in [0.5, 0.6) is 11.6 Å². The van der Waals surface area contributed by atoms with E-state index in [9.17, 15) is 9.59 Å². The lowest BCUT2D eigenvalue weighted by atomic mass is 10.1. The van der Waals surface area contributed by atoms with Crippen LogP contribution in [0, 0.1) is 0 Å². The topological polar surface area (TPSA) is 126 Å². The molecule has 2 aromatic carbocycles. The van der Waals surface area contributed by atoms with Crippen molar-refractivity contribution in [3.05, 3.63) is 68.9 Å². The Labute approximate surface area is 180 Å². The van der Waals surface area contributed by atoms with Crippen molar-refractivity contribution in [2.45, 2.75) is 0 Å². The van der Waals surface area contributed by atoms with Gasteiger partial charge in [0.15, 0.2) is 5.75 Å². The molecular formula is C19H14Cl2N6O3. The predicted octanol–water partition coefficient (Wildman–Crippen LogP) is 3.34. The van der Waals surface area contributed by atoms with E-state index in [0.29, 0.717) is 16.8 Å². The minimum absolute atomic E-state index is 0.0861. The smallest absolute Gasteiger partial charge is 0.343 e. The Morgan fingerprint density at radius 2 is 1.77 bits per heavy atom. The van der Waals surface area contributed by atoms with E-state index in [1.807, 2.05) is 18.2 Å². The molecule has 1 aliphatic heterocycles. The number of aromatic amines is 1. The fraction of sp³-hybridized carbons (Fsp3) is 0.0526. The molecule has 0 unspecified atom stereocenters. The molecule has 30 heavy (non-hydrogen) atoms. The number of halogens is 2. The van der Waals surface area contributed by atoms with Gasteiger partial charge in [0.25, 0.3) is 5.56 Å². The number of amidine groups is 1. The molecule has 0 aliphatic carbocycles. The second kappa shape index (κ2) is 8.05. The molecule has 11 heteroatoms. The molecule has 1 aromatic heterocycles. The van der Waals surface area contributed by atoms with Gasteiger partial charge in [-0.05, 0) is 17.7 Å². The van der Waals surface area contributed by atoms with Crippen LogP contribution in [0.3, 0.4) is 0 Å². The van der Waals surface area contributed by atoms with Crippen molar-refractivity contribution in [2.75, 3.05) is 11.6 Å². The number of nitrogens with zero attached hydrogens (tertiary/aromatic N) is 3. The summed E-state index contributed by atoms with van der Waals surface area (Å²) in [7, 11) is 0. The van der Waals surface area contributed by atoms with E-state index in [1.54, 1.807) is 12.1 Å². The molecule has 4 N–H and O–H groups in total. The number of aromatic nitrogens is 2. The van der Waals surface area contributed by atoms with E-state index in [1.165, 1.54) is 18.2 Å². The second-order valence-corrected chi connectivity index (χ2v) is 7.03. The van der Waals surface area contributed by atoms with Crippen molar-refractivity contribution in [2.24, 2.45) is 10.8 Å². The molecule has 0 atom stereocenters. The van der Waals surface area contributed by atoms with Gasteiger partial charge >= 0.3 is 6.03 Å². The first-order valence-corrected chi connectivity index (χ1v) is 9.41. The van der Waals surface area contributed by atoms with Crippen LogP contribution in [0.1, 0.15) is 0 Å². The first kappa shape index (κ1) is 19.7. The summed E-state index contributed by atoms with van der Waals surface area (Å²) >= 11 is 12.7. The quantitative estimate of drug-likeness (QED) is 0.568. The van der Waals surface area contributed by atoms with Crippen LogP contribution >= 0.6 is 23.2 Å². The van der Waals surface area contributed by atoms with Gasteiger partial charge < -0.3 is 15.8 Å². The molecule has 0 spiro atoms. The van der Waals surface area contributed by atoms with Crippen molar-refractivity contribution < 1.29 is 9.53 Å². The number of anilines is 1. The molecule has 0 saturated heterocycles. The van der Waals surface area contributed by atoms with Gasteiger partial charge in [0.2, 0.25) is 5.88 Å². The molecule has 0 saturated carbocycles. The number of urea groups is 1. The number of carbonyl (C=O) groups is 1. The Kier molecular flexibility index (Phi) is 5.30. The van der Waals surface area contributed by atoms with Gasteiger partial charge in [0, 0.05) is 6.07 Å². The number of carbonyl (C=O) groups excluding carboxylic acids is 1. The number of rotatable bonds is 4. The number of H-pyrrole nitrogens is 1. The Morgan fingerprint density at radius 3 is 2.47 bits per heavy atom. The fourth-order valence-electron chi connectivity index (χ4n) is 2.77. The molecule has 152 valence electrons. The van der Waals surface area contributed by atoms with Crippen LogP contribution in [0.4, 0.5) is 10.5 Å². The zero-order valence-corrected chi connectivity index (χ0v) is 16.7. The average Bonchev–Trinajstić information content (AvgIpc) is 2.74. The maximum absolute atomic E-state index is 12.1. The number of hydrazone groups is 1. The summed E-state index contributed by atoms with van der Waals surface area (Å²) in [5.74, 6) is 0.422. The van der Waals surface area contributed by atoms with E-state index in [2.05, 4.69) is 20.6 Å². The summed E-state index contributed by atoms with van der Waals surface area (Å²) in [5.41, 5.74) is 6.68. The summed E-state index contributed by atoms with van der Waals surface area (Å²) in [6.07, 6.45) is 0. The summed E-state index contributed by atoms with van der Waals surface area (Å²) in [5, 5.41) is 14.1. The van der Waals surface area contributed by atoms with Gasteiger partial charge in [-0.2, -0.15) is 5.01 Å². The predicted molar refractivity (Wildman–Crippen MR) is 114 cm³/mol. The highest BCUT2D eigenvalue weighted by Crippen LogP contribution is 2.39. The van der Waals surface area contributed by atoms with E-state index in [-0.39, 0.29) is 39.6 Å². The number of ether oxygens (including phenoxy) is 1. The van der Waals surface area contributed by atoms with Crippen molar-refractivity contribution >= 4 is 40.8 Å². The van der Waals surface area contributed by atoms with Crippen LogP contribution in [-0.4, -0.2) is 28.6 Å². The van der Waals surface area contributed by atoms with Crippen LogP contribution in [0.25, 0.3) is 11.1 Å². The molecule has 0 radical (unpaired) electrons. The highest BCUT2D eigenvalue weighted by atomic mass is 35.5. The van der Waals surface area contributed by atoms with Gasteiger partial charge in [0.05, 0.1) is 27.8 Å². The zero-order valence-electron chi connectivity index (χ0n) is 15.2. The fourth-order valence-corrected chi connectivity index (χ4v) is 3.32. The molecule has 4 rings (SSSR count). The average molecular weight is 445 g/mol. The Morgan fingerprint density at radius 1 is 1.07 bits per heavy atom. The molecule has 1 aliphatic rings. The number of benzene rings is 2. The van der Waals surface area contributed by atoms with Crippen LogP contribution in [0.2, 0.25) is 10.0 Å². The monoisotopic (exact) mass is 444 g/mol. The Balaban J connectivity index is 1.67. The summed E-state index contributed by atoms with van der Waals surface area (Å²) < 4.78 is 5.72. The van der Waals surface area contributed by atoms with E-state index >= 15 is 0 Å². The third-order valence-electron chi connectivity index (χ3n) is 4.14. The number of hydrogen-bond acceptors (Lipinski definition) is 6. The van der Waals surface area contributed by atoms with E-state index in [0.717, 1.165) is 5.01 Å². The lowest BCUT2D eigenvalue weighted by Gasteiger charge is -2.23. The molecule has 9 nitrogen and oxygen atoms in total. The highest BCUT2D eigenvalue weighted by molar-refractivity contribution is 6.37. The standard InChI is InChI=1S/C19H14Cl2N6O3/c20-13-6-11(27-19(29)23-9-15(22)26-27)7-14(21)17(13)30-16-8-12(18(28)25-24-16)10-4-2-1-3-5-10/h1-8H,9H2,(H2,22,26)(H,23,29)(H,25,28). The maximum Gasteiger partial charge on any atom is 0.343 e. The van der Waals surface area contributed by atoms with E-state index < -0.39 is 6.03 Å². The number of nitrogens with two attached hydrogens (primary N) is 1. The van der Waals surface area contributed by atoms with Gasteiger partial charge in [0.1, 0.15) is 5.84 Å². The Bertz CT molecular complexity index is 1190. The zero-order chi connectivity index (χ0) is 21.3. The van der Waals surface area contributed by atoms with Crippen molar-refractivity contribution in [3.63, 3.8) is 0 Å². The van der Waals surface area contributed by atoms with Crippen molar-refractivity contribution in [3.8, 4) is 22.8 Å². The van der Waals surface area contributed by atoms with Gasteiger partial charge in [-0.15, -0.1) is 10.2 Å². The van der Waals surface area contributed by atoms with Gasteiger partial charge in [-0.3, -0.25) is 4.79 Å². The molecule has 2 amide bonds. The highest BCUT2D eigenvalue weighted by Gasteiger charge is 2.23. The minimum atomic E-state index is -0.472. The molecular weight excluding hydrogens is 431 g/mol. The second-order valence-electron chi connectivity index (χ2n) is 6.22. The number of hydrogen-bond donors (Lipinski definition) is 3. The van der Waals surface area contributed by atoms with Crippen LogP contribution in [0.15, 0.2) is 58.4 Å². The van der Waals surface area contributed by atoms with Crippen molar-refractivity contribution in [1.82, 2.24) is 15.5 Å². The first-order valence-electron chi connectivity index (χ1n) is 8.65. The van der Waals surface area contributed by atoms with Crippen molar-refractivity contribution in [1.29, 1.82) is 0 Å². The lowest BCUT2D eigenvalue weighted by molar-refractivity contribution is 0.246. The Hall–Kier alpha value is -3.56. The van der Waals surface area contributed by atoms with Crippen LogP contribution < -0.4 is 26.4 Å². The normalized spacial score (nSPS) is 13.6. The number of amides is 2. The minimum Gasteiger partial charge on any atom is -0.434 e. The van der Waals surface area contributed by atoms with Gasteiger partial charge in [-0.25, -0.2) is 9.89 Å². The van der Waals surface area contributed by atoms with Gasteiger partial charge in [-0.1, -0.05) is 53.5 Å². The largest absolute Gasteiger partial charge is 0.434 e. The van der Waals surface area contributed by atoms with E-state index in [4.69, 9.17) is 33.7 Å². The third kappa shape index (κ3) is 3.93. The summed E-state index contributed by atoms with van der Waals surface area (Å²) in [4.78, 5) is 24.2. The molecule has 0 bridgehead atoms. The number of nitrogens with one attached hydrogen (secondary N) is 2. The SMILES string of the molecule is NC1=NN(c2cc(Cl)c(Oc3cc(-c4ccccc4)c(=O)[nH]n3)c(Cl)c2)C(=O)NC1. The third-order valence-corrected chi connectivity index (χ3v) is 4.70. The summed E-state index contributed by atoms with van der Waals surface area (Å²) in [6, 6.07) is 13.0. The lowest BCUT2D eigenvalue weighted by Crippen LogP contribution is -2.47. The molecule has 2 heterocycles. The first-order chi connectivity index (χ1) is 14.4. The summed E-state index contributed by atoms with van der Waals surface area (Å²) in [6.45, 7) is 0.152. The maximum atomic E-state index is 12.1. The molecule has 0 fully saturated rings. The molecule has 3 aromatic rings.